The van der Waals surface area contributed by atoms with E-state index in [1.807, 2.05) is 32.0 Å². The van der Waals surface area contributed by atoms with Crippen LogP contribution in [0.3, 0.4) is 0 Å². The van der Waals surface area contributed by atoms with Crippen molar-refractivity contribution in [2.45, 2.75) is 39.5 Å². The quantitative estimate of drug-likeness (QED) is 0.871. The fourth-order valence-corrected chi connectivity index (χ4v) is 2.96. The zero-order valence-electron chi connectivity index (χ0n) is 14.8. The molecule has 1 unspecified atom stereocenters. The summed E-state index contributed by atoms with van der Waals surface area (Å²) in [6.45, 7) is 7.27. The average Bonchev–Trinajstić information content (AvgIpc) is 2.92. The Hall–Kier alpha value is -2.18. The Labute approximate surface area is 148 Å². The number of ether oxygens (including phenoxy) is 1. The van der Waals surface area contributed by atoms with Crippen molar-refractivity contribution in [3.8, 4) is 0 Å². The smallest absolute Gasteiger partial charge is 0.223 e. The van der Waals surface area contributed by atoms with Gasteiger partial charge in [-0.25, -0.2) is 4.98 Å². The molecule has 1 aromatic heterocycles. The van der Waals surface area contributed by atoms with E-state index < -0.39 is 0 Å². The number of oxazole rings is 1. The summed E-state index contributed by atoms with van der Waals surface area (Å²) in [4.78, 5) is 18.8. The van der Waals surface area contributed by atoms with Crippen molar-refractivity contribution in [2.75, 3.05) is 19.7 Å². The Morgan fingerprint density at radius 3 is 2.84 bits per heavy atom. The first-order valence-corrected chi connectivity index (χ1v) is 8.67. The molecular formula is C19H25N3O3. The number of aryl methyl sites for hydroxylation is 2. The van der Waals surface area contributed by atoms with Gasteiger partial charge in [0.2, 0.25) is 11.8 Å². The molecule has 0 saturated carbocycles. The number of hydrogen-bond acceptors (Lipinski definition) is 5. The highest BCUT2D eigenvalue weighted by molar-refractivity contribution is 5.76. The largest absolute Gasteiger partial charge is 0.444 e. The van der Waals surface area contributed by atoms with Gasteiger partial charge in [0.05, 0.1) is 31.4 Å². The number of carbonyl (C=O) groups is 1. The highest BCUT2D eigenvalue weighted by atomic mass is 16.5. The first-order chi connectivity index (χ1) is 12.1. The minimum absolute atomic E-state index is 0.0416. The van der Waals surface area contributed by atoms with Crippen LogP contribution in [0.5, 0.6) is 0 Å². The molecule has 0 radical (unpaired) electrons. The van der Waals surface area contributed by atoms with Gasteiger partial charge in [-0.05, 0) is 19.4 Å². The topological polar surface area (TPSA) is 67.6 Å². The Bertz CT molecular complexity index is 680. The van der Waals surface area contributed by atoms with Gasteiger partial charge in [0.25, 0.3) is 0 Å². The summed E-state index contributed by atoms with van der Waals surface area (Å²) in [6.07, 6.45) is 0.273. The molecule has 3 rings (SSSR count). The fourth-order valence-electron chi connectivity index (χ4n) is 2.96. The summed E-state index contributed by atoms with van der Waals surface area (Å²) in [5.74, 6) is 1.29. The predicted molar refractivity (Wildman–Crippen MR) is 93.9 cm³/mol. The number of nitrogens with zero attached hydrogens (tertiary/aromatic N) is 2. The van der Waals surface area contributed by atoms with Crippen LogP contribution in [-0.2, 0) is 22.6 Å². The Morgan fingerprint density at radius 1 is 1.32 bits per heavy atom. The van der Waals surface area contributed by atoms with Gasteiger partial charge in [-0.15, -0.1) is 0 Å². The maximum atomic E-state index is 12.2. The van der Waals surface area contributed by atoms with Crippen molar-refractivity contribution in [2.24, 2.45) is 0 Å². The molecule has 134 valence electrons. The third kappa shape index (κ3) is 5.14. The highest BCUT2D eigenvalue weighted by Gasteiger charge is 2.23. The third-order valence-corrected chi connectivity index (χ3v) is 4.39. The molecular weight excluding hydrogens is 318 g/mol. The number of carbonyl (C=O) groups excluding carboxylic acids is 1. The molecule has 1 amide bonds. The number of nitrogens with one attached hydrogen (secondary N) is 1. The van der Waals surface area contributed by atoms with Gasteiger partial charge in [0, 0.05) is 19.6 Å². The summed E-state index contributed by atoms with van der Waals surface area (Å²) in [5.41, 5.74) is 2.14. The molecule has 1 aromatic carbocycles. The van der Waals surface area contributed by atoms with E-state index in [1.165, 1.54) is 5.56 Å². The summed E-state index contributed by atoms with van der Waals surface area (Å²) < 4.78 is 11.2. The van der Waals surface area contributed by atoms with Crippen LogP contribution in [0.2, 0.25) is 0 Å². The molecule has 25 heavy (non-hydrogen) atoms. The minimum Gasteiger partial charge on any atom is -0.444 e. The lowest BCUT2D eigenvalue weighted by Gasteiger charge is -2.32. The maximum absolute atomic E-state index is 12.2. The van der Waals surface area contributed by atoms with E-state index in [1.54, 1.807) is 0 Å². The van der Waals surface area contributed by atoms with Crippen molar-refractivity contribution in [3.63, 3.8) is 0 Å². The number of aromatic nitrogens is 1. The fraction of sp³-hybridized carbons (Fsp3) is 0.474. The number of benzene rings is 1. The third-order valence-electron chi connectivity index (χ3n) is 4.39. The standard InChI is InChI=1S/C19H25N3O3/c1-14-15(2)25-19(21-14)11-20-18(23)10-17-13-22(8-9-24-17)12-16-6-4-3-5-7-16/h3-7,17H,8-13H2,1-2H3,(H,20,23). The number of amides is 1. The molecule has 2 aromatic rings. The maximum Gasteiger partial charge on any atom is 0.223 e. The lowest BCUT2D eigenvalue weighted by atomic mass is 10.1. The van der Waals surface area contributed by atoms with E-state index in [0.29, 0.717) is 25.5 Å². The number of rotatable bonds is 6. The summed E-state index contributed by atoms with van der Waals surface area (Å²) in [5, 5.41) is 2.86. The Balaban J connectivity index is 1.44. The monoisotopic (exact) mass is 343 g/mol. The van der Waals surface area contributed by atoms with Crippen LogP contribution in [-0.4, -0.2) is 41.6 Å². The summed E-state index contributed by atoms with van der Waals surface area (Å²) in [6, 6.07) is 10.4. The molecule has 6 heteroatoms. The average molecular weight is 343 g/mol. The van der Waals surface area contributed by atoms with Crippen molar-refractivity contribution < 1.29 is 13.9 Å². The van der Waals surface area contributed by atoms with Crippen LogP contribution in [0.15, 0.2) is 34.7 Å². The first kappa shape index (κ1) is 17.6. The van der Waals surface area contributed by atoms with Crippen LogP contribution in [0.1, 0.15) is 29.3 Å². The number of morpholine rings is 1. The van der Waals surface area contributed by atoms with Gasteiger partial charge in [0.1, 0.15) is 5.76 Å². The molecule has 1 aliphatic heterocycles. The summed E-state index contributed by atoms with van der Waals surface area (Å²) in [7, 11) is 0. The molecule has 2 heterocycles. The molecule has 0 bridgehead atoms. The predicted octanol–water partition coefficient (Wildman–Crippen LogP) is 2.20. The van der Waals surface area contributed by atoms with E-state index in [2.05, 4.69) is 27.3 Å². The van der Waals surface area contributed by atoms with Gasteiger partial charge in [-0.3, -0.25) is 9.69 Å². The van der Waals surface area contributed by atoms with Crippen LogP contribution >= 0.6 is 0 Å². The lowest BCUT2D eigenvalue weighted by Crippen LogP contribution is -2.44. The van der Waals surface area contributed by atoms with Crippen molar-refractivity contribution in [1.82, 2.24) is 15.2 Å². The minimum atomic E-state index is -0.0782. The second-order valence-corrected chi connectivity index (χ2v) is 6.44. The molecule has 6 nitrogen and oxygen atoms in total. The van der Waals surface area contributed by atoms with Gasteiger partial charge >= 0.3 is 0 Å². The van der Waals surface area contributed by atoms with E-state index in [0.717, 1.165) is 31.1 Å². The zero-order chi connectivity index (χ0) is 17.6. The second-order valence-electron chi connectivity index (χ2n) is 6.44. The van der Waals surface area contributed by atoms with E-state index in [9.17, 15) is 4.79 Å². The van der Waals surface area contributed by atoms with Crippen LogP contribution in [0.25, 0.3) is 0 Å². The van der Waals surface area contributed by atoms with E-state index >= 15 is 0 Å². The van der Waals surface area contributed by atoms with Crippen molar-refractivity contribution in [3.05, 3.63) is 53.2 Å². The molecule has 1 aliphatic rings. The molecule has 0 spiro atoms. The van der Waals surface area contributed by atoms with Crippen LogP contribution in [0.4, 0.5) is 0 Å². The van der Waals surface area contributed by atoms with Crippen LogP contribution in [0, 0.1) is 13.8 Å². The van der Waals surface area contributed by atoms with Gasteiger partial charge in [-0.2, -0.15) is 0 Å². The molecule has 1 N–H and O–H groups in total. The Kier molecular flexibility index (Phi) is 5.83. The SMILES string of the molecule is Cc1nc(CNC(=O)CC2CN(Cc3ccccc3)CCO2)oc1C. The van der Waals surface area contributed by atoms with Gasteiger partial charge < -0.3 is 14.5 Å². The van der Waals surface area contributed by atoms with Crippen LogP contribution < -0.4 is 5.32 Å². The molecule has 1 fully saturated rings. The molecule has 1 atom stereocenters. The van der Waals surface area contributed by atoms with E-state index in [4.69, 9.17) is 9.15 Å². The summed E-state index contributed by atoms with van der Waals surface area (Å²) >= 11 is 0. The van der Waals surface area contributed by atoms with Gasteiger partial charge in [-0.1, -0.05) is 30.3 Å². The van der Waals surface area contributed by atoms with E-state index in [-0.39, 0.29) is 12.0 Å². The first-order valence-electron chi connectivity index (χ1n) is 8.67. The van der Waals surface area contributed by atoms with Crippen molar-refractivity contribution >= 4 is 5.91 Å². The van der Waals surface area contributed by atoms with Crippen molar-refractivity contribution in [1.29, 1.82) is 0 Å². The molecule has 0 aliphatic carbocycles. The van der Waals surface area contributed by atoms with Gasteiger partial charge in [0.15, 0.2) is 0 Å². The second kappa shape index (κ2) is 8.27. The molecule has 1 saturated heterocycles. The highest BCUT2D eigenvalue weighted by Crippen LogP contribution is 2.13. The normalized spacial score (nSPS) is 18.2. The number of hydrogen-bond donors (Lipinski definition) is 1. The zero-order valence-corrected chi connectivity index (χ0v) is 14.8. The lowest BCUT2D eigenvalue weighted by molar-refractivity contribution is -0.126. The Morgan fingerprint density at radius 2 is 2.12 bits per heavy atom.